The summed E-state index contributed by atoms with van der Waals surface area (Å²) in [6.07, 6.45) is 16.2. The van der Waals surface area contributed by atoms with E-state index in [1.54, 1.807) is 6.92 Å². The van der Waals surface area contributed by atoms with Crippen molar-refractivity contribution in [1.82, 2.24) is 10.3 Å². The number of para-hydroxylation sites is 1. The highest BCUT2D eigenvalue weighted by Gasteiger charge is 2.08. The van der Waals surface area contributed by atoms with Gasteiger partial charge in [0.2, 0.25) is 5.91 Å². The molecule has 0 aliphatic rings. The number of aromatic amines is 1. The van der Waals surface area contributed by atoms with Crippen LogP contribution >= 0.6 is 0 Å². The van der Waals surface area contributed by atoms with Crippen molar-refractivity contribution >= 4 is 16.8 Å². The zero-order chi connectivity index (χ0) is 20.0. The van der Waals surface area contributed by atoms with E-state index in [4.69, 9.17) is 4.74 Å². The molecule has 0 spiro atoms. The van der Waals surface area contributed by atoms with E-state index in [1.165, 1.54) is 68.7 Å². The largest absolute Gasteiger partial charge is 0.491 e. The number of nitrogens with one attached hydrogen (secondary N) is 2. The average molecular weight is 387 g/mol. The summed E-state index contributed by atoms with van der Waals surface area (Å²) in [6, 6.07) is 6.20. The first-order chi connectivity index (χ1) is 13.7. The number of benzene rings is 1. The Morgan fingerprint density at radius 1 is 1.00 bits per heavy atom. The molecule has 1 heterocycles. The molecule has 0 atom stereocenters. The van der Waals surface area contributed by atoms with Gasteiger partial charge in [-0.05, 0) is 24.5 Å². The summed E-state index contributed by atoms with van der Waals surface area (Å²) in [5, 5.41) is 4.04. The number of H-pyrrole nitrogens is 1. The molecule has 4 nitrogen and oxygen atoms in total. The van der Waals surface area contributed by atoms with E-state index in [9.17, 15) is 4.79 Å². The molecule has 0 aliphatic carbocycles. The van der Waals surface area contributed by atoms with Gasteiger partial charge in [0, 0.05) is 25.1 Å². The van der Waals surface area contributed by atoms with Gasteiger partial charge in [-0.25, -0.2) is 0 Å². The van der Waals surface area contributed by atoms with Gasteiger partial charge in [-0.2, -0.15) is 0 Å². The average Bonchev–Trinajstić information content (AvgIpc) is 3.10. The Bertz CT molecular complexity index is 693. The molecule has 4 heteroatoms. The first-order valence-corrected chi connectivity index (χ1v) is 11.2. The van der Waals surface area contributed by atoms with Crippen molar-refractivity contribution in [2.45, 2.75) is 84.5 Å². The van der Waals surface area contributed by atoms with Crippen molar-refractivity contribution in [3.05, 3.63) is 30.0 Å². The van der Waals surface area contributed by atoms with Crippen LogP contribution in [-0.4, -0.2) is 24.0 Å². The Kier molecular flexibility index (Phi) is 10.6. The maximum absolute atomic E-state index is 11.0. The SMILES string of the molecule is CCCCCCCCCCCCOc1cccc2c(CCNC(C)=O)c[nH]c12. The minimum Gasteiger partial charge on any atom is -0.491 e. The second kappa shape index (κ2) is 13.2. The summed E-state index contributed by atoms with van der Waals surface area (Å²) >= 11 is 0. The molecule has 0 saturated carbocycles. The highest BCUT2D eigenvalue weighted by molar-refractivity contribution is 5.88. The predicted molar refractivity (Wildman–Crippen MR) is 118 cm³/mol. The number of hydrogen-bond donors (Lipinski definition) is 2. The number of fused-ring (bicyclic) bond motifs is 1. The van der Waals surface area contributed by atoms with Gasteiger partial charge in [0.25, 0.3) is 0 Å². The minimum absolute atomic E-state index is 0.0142. The molecule has 1 amide bonds. The number of unbranched alkanes of at least 4 members (excludes halogenated alkanes) is 9. The van der Waals surface area contributed by atoms with E-state index in [0.717, 1.165) is 30.7 Å². The van der Waals surface area contributed by atoms with E-state index in [2.05, 4.69) is 23.3 Å². The number of aromatic nitrogens is 1. The maximum atomic E-state index is 11.0. The summed E-state index contributed by atoms with van der Waals surface area (Å²) in [7, 11) is 0. The molecule has 2 aromatic rings. The summed E-state index contributed by atoms with van der Waals surface area (Å²) in [5.74, 6) is 0.944. The van der Waals surface area contributed by atoms with Gasteiger partial charge in [-0.1, -0.05) is 76.8 Å². The Balaban J connectivity index is 1.65. The van der Waals surface area contributed by atoms with Crippen molar-refractivity contribution in [2.24, 2.45) is 0 Å². The third-order valence-electron chi connectivity index (χ3n) is 5.29. The molecule has 28 heavy (non-hydrogen) atoms. The zero-order valence-corrected chi connectivity index (χ0v) is 17.8. The first-order valence-electron chi connectivity index (χ1n) is 11.2. The van der Waals surface area contributed by atoms with E-state index >= 15 is 0 Å². The lowest BCUT2D eigenvalue weighted by molar-refractivity contribution is -0.118. The van der Waals surface area contributed by atoms with Crippen molar-refractivity contribution < 1.29 is 9.53 Å². The topological polar surface area (TPSA) is 54.1 Å². The van der Waals surface area contributed by atoms with Gasteiger partial charge in [0.05, 0.1) is 12.1 Å². The molecule has 0 aliphatic heterocycles. The summed E-state index contributed by atoms with van der Waals surface area (Å²) in [4.78, 5) is 14.4. The minimum atomic E-state index is 0.0142. The van der Waals surface area contributed by atoms with Crippen LogP contribution in [0.5, 0.6) is 5.75 Å². The molecule has 2 N–H and O–H groups in total. The van der Waals surface area contributed by atoms with Crippen LogP contribution < -0.4 is 10.1 Å². The fourth-order valence-corrected chi connectivity index (χ4v) is 3.66. The van der Waals surface area contributed by atoms with Crippen molar-refractivity contribution in [3.63, 3.8) is 0 Å². The highest BCUT2D eigenvalue weighted by atomic mass is 16.5. The number of carbonyl (C=O) groups excluding carboxylic acids is 1. The predicted octanol–water partition coefficient (Wildman–Crippen LogP) is 6.15. The van der Waals surface area contributed by atoms with Crippen LogP contribution in [0.1, 0.15) is 83.6 Å². The van der Waals surface area contributed by atoms with Gasteiger partial charge in [-0.3, -0.25) is 4.79 Å². The van der Waals surface area contributed by atoms with Gasteiger partial charge < -0.3 is 15.0 Å². The van der Waals surface area contributed by atoms with Crippen LogP contribution in [0.15, 0.2) is 24.4 Å². The van der Waals surface area contributed by atoms with Gasteiger partial charge in [0.1, 0.15) is 5.75 Å². The van der Waals surface area contributed by atoms with Gasteiger partial charge in [-0.15, -0.1) is 0 Å². The number of rotatable bonds is 15. The number of amides is 1. The zero-order valence-electron chi connectivity index (χ0n) is 17.8. The second-order valence-electron chi connectivity index (χ2n) is 7.76. The molecule has 0 unspecified atom stereocenters. The van der Waals surface area contributed by atoms with Crippen molar-refractivity contribution in [1.29, 1.82) is 0 Å². The molecule has 0 radical (unpaired) electrons. The molecule has 1 aromatic carbocycles. The van der Waals surface area contributed by atoms with Gasteiger partial charge in [0.15, 0.2) is 0 Å². The van der Waals surface area contributed by atoms with Crippen molar-refractivity contribution in [3.8, 4) is 5.75 Å². The highest BCUT2D eigenvalue weighted by Crippen LogP contribution is 2.27. The van der Waals surface area contributed by atoms with E-state index in [1.807, 2.05) is 18.3 Å². The maximum Gasteiger partial charge on any atom is 0.216 e. The van der Waals surface area contributed by atoms with Crippen LogP contribution in [0.4, 0.5) is 0 Å². The van der Waals surface area contributed by atoms with Crippen LogP contribution in [0, 0.1) is 0 Å². The van der Waals surface area contributed by atoms with Crippen molar-refractivity contribution in [2.75, 3.05) is 13.2 Å². The summed E-state index contributed by atoms with van der Waals surface area (Å²) < 4.78 is 6.05. The smallest absolute Gasteiger partial charge is 0.216 e. The molecule has 156 valence electrons. The third-order valence-corrected chi connectivity index (χ3v) is 5.29. The number of carbonyl (C=O) groups is 1. The Hall–Kier alpha value is -1.97. The molecule has 2 rings (SSSR count). The lowest BCUT2D eigenvalue weighted by atomic mass is 10.1. The van der Waals surface area contributed by atoms with Gasteiger partial charge >= 0.3 is 0 Å². The fraction of sp³-hybridized carbons (Fsp3) is 0.625. The molecule has 0 bridgehead atoms. The standard InChI is InChI=1S/C24H38N2O2/c1-3-4-5-6-7-8-9-10-11-12-18-28-23-15-13-14-22-21(19-26-24(22)23)16-17-25-20(2)27/h13-15,19,26H,3-12,16-18H2,1-2H3,(H,25,27). The number of hydrogen-bond acceptors (Lipinski definition) is 2. The van der Waals surface area contributed by atoms with Crippen LogP contribution in [0.3, 0.4) is 0 Å². The lowest BCUT2D eigenvalue weighted by Crippen LogP contribution is -2.22. The van der Waals surface area contributed by atoms with Crippen LogP contribution in [0.2, 0.25) is 0 Å². The lowest BCUT2D eigenvalue weighted by Gasteiger charge is -2.08. The monoisotopic (exact) mass is 386 g/mol. The second-order valence-corrected chi connectivity index (χ2v) is 7.76. The van der Waals surface area contributed by atoms with E-state index in [0.29, 0.717) is 6.54 Å². The quantitative estimate of drug-likeness (QED) is 0.361. The van der Waals surface area contributed by atoms with Crippen LogP contribution in [0.25, 0.3) is 10.9 Å². The normalized spacial score (nSPS) is 11.1. The molecule has 1 aromatic heterocycles. The van der Waals surface area contributed by atoms with E-state index in [-0.39, 0.29) is 5.91 Å². The van der Waals surface area contributed by atoms with Crippen LogP contribution in [-0.2, 0) is 11.2 Å². The molecular weight excluding hydrogens is 348 g/mol. The third kappa shape index (κ3) is 7.95. The Morgan fingerprint density at radius 3 is 2.36 bits per heavy atom. The molecule has 0 saturated heterocycles. The molecule has 0 fully saturated rings. The summed E-state index contributed by atoms with van der Waals surface area (Å²) in [5.41, 5.74) is 2.28. The first kappa shape index (κ1) is 22.3. The molecular formula is C24H38N2O2. The Labute approximate surface area is 170 Å². The number of ether oxygens (including phenoxy) is 1. The van der Waals surface area contributed by atoms with E-state index < -0.39 is 0 Å². The summed E-state index contributed by atoms with van der Waals surface area (Å²) in [6.45, 7) is 5.25. The fourth-order valence-electron chi connectivity index (χ4n) is 3.66. The Morgan fingerprint density at radius 2 is 1.68 bits per heavy atom.